The maximum atomic E-state index is 9.72. The minimum absolute atomic E-state index is 0. The van der Waals surface area contributed by atoms with Crippen LogP contribution in [-0.4, -0.2) is 73.9 Å². The fourth-order valence-electron chi connectivity index (χ4n) is 0.253. The van der Waals surface area contributed by atoms with Crippen molar-refractivity contribution in [1.29, 1.82) is 0 Å². The molecule has 0 aromatic rings. The Bertz CT molecular complexity index is 287. The van der Waals surface area contributed by atoms with Gasteiger partial charge in [0.2, 0.25) is 0 Å². The molecule has 0 aromatic carbocycles. The molecule has 0 saturated heterocycles. The molecular weight excluding hydrogens is 248 g/mol. The molecule has 0 heterocycles. The maximum Gasteiger partial charge on any atom is 2.00 e. The van der Waals surface area contributed by atoms with Crippen LogP contribution in [0.5, 0.6) is 0 Å². The summed E-state index contributed by atoms with van der Waals surface area (Å²) in [5.41, 5.74) is 0. The summed E-state index contributed by atoms with van der Waals surface area (Å²) in [6, 6.07) is 0. The Morgan fingerprint density at radius 1 is 1.20 bits per heavy atom. The number of aliphatic carboxylic acids is 2. The van der Waals surface area contributed by atoms with Gasteiger partial charge in [0.1, 0.15) is 0 Å². The fourth-order valence-corrected chi connectivity index (χ4v) is 0.253. The second kappa shape index (κ2) is 8.81. The van der Waals surface area contributed by atoms with E-state index in [2.05, 4.69) is 0 Å². The number of carbonyl (C=O) groups is 2. The Hall–Kier alpha value is -0.464. The topological polar surface area (TPSA) is 175 Å². The number of rotatable bonds is 3. The Morgan fingerprint density at radius 3 is 1.53 bits per heavy atom. The van der Waals surface area contributed by atoms with Gasteiger partial charge in [-0.25, -0.2) is 4.79 Å². The van der Waals surface area contributed by atoms with Gasteiger partial charge in [-0.1, -0.05) is 0 Å². The van der Waals surface area contributed by atoms with Crippen LogP contribution in [0.3, 0.4) is 0 Å². The summed E-state index contributed by atoms with van der Waals surface area (Å²) in [4.78, 5) is 19.4. The molecule has 15 heavy (non-hydrogen) atoms. The maximum absolute atomic E-state index is 9.72. The quantitative estimate of drug-likeness (QED) is 0.272. The van der Waals surface area contributed by atoms with Gasteiger partial charge < -0.3 is 24.4 Å². The fraction of sp³-hybridized carbons (Fsp3) is 0.500. The van der Waals surface area contributed by atoms with Gasteiger partial charge in [0.15, 0.2) is 6.10 Å². The summed E-state index contributed by atoms with van der Waals surface area (Å²) >= 11 is 0. The Kier molecular flexibility index (Phi) is 11.8. The monoisotopic (exact) mass is 254 g/mol. The predicted molar refractivity (Wildman–Crippen MR) is 42.1 cm³/mol. The van der Waals surface area contributed by atoms with E-state index in [1.165, 1.54) is 0 Å². The molecule has 0 rings (SSSR count). The van der Waals surface area contributed by atoms with E-state index in [4.69, 9.17) is 32.8 Å². The minimum Gasteiger partial charge on any atom is -0.759 e. The molecule has 1 unspecified atom stereocenters. The van der Waals surface area contributed by atoms with E-state index < -0.39 is 34.9 Å². The third kappa shape index (κ3) is 31.7. The molecule has 11 heteroatoms. The van der Waals surface area contributed by atoms with Gasteiger partial charge in [-0.3, -0.25) is 13.2 Å². The first-order chi connectivity index (χ1) is 6.04. The third-order valence-electron chi connectivity index (χ3n) is 0.653. The average Bonchev–Trinajstić information content (AvgIpc) is 1.80. The van der Waals surface area contributed by atoms with Gasteiger partial charge in [0, 0.05) is 10.4 Å². The molecule has 0 spiro atoms. The first kappa shape index (κ1) is 20.0. The van der Waals surface area contributed by atoms with Crippen molar-refractivity contribution in [1.82, 2.24) is 0 Å². The summed E-state index contributed by atoms with van der Waals surface area (Å²) in [7, 11) is -5.17. The SMILES string of the molecule is O=C(O)CC(O)C(=O)O.O=S(=O)([O-])[O-].[Mg+2]. The van der Waals surface area contributed by atoms with Crippen LogP contribution in [0.1, 0.15) is 6.42 Å². The van der Waals surface area contributed by atoms with Crippen molar-refractivity contribution in [2.75, 3.05) is 0 Å². The predicted octanol–water partition coefficient (Wildman–Crippen LogP) is -2.81. The third-order valence-corrected chi connectivity index (χ3v) is 0.653. The van der Waals surface area contributed by atoms with Crippen LogP contribution in [0.2, 0.25) is 0 Å². The van der Waals surface area contributed by atoms with E-state index in [-0.39, 0.29) is 23.1 Å². The number of hydrogen-bond acceptors (Lipinski definition) is 7. The number of carboxylic acids is 2. The summed E-state index contributed by atoms with van der Waals surface area (Å²) < 4.78 is 34.1. The Labute approximate surface area is 100 Å². The zero-order valence-electron chi connectivity index (χ0n) is 7.19. The Balaban J connectivity index is -0.000000208. The number of aliphatic hydroxyl groups is 1. The summed E-state index contributed by atoms with van der Waals surface area (Å²) in [6.07, 6.45) is -2.54. The van der Waals surface area contributed by atoms with Crippen LogP contribution < -0.4 is 0 Å². The van der Waals surface area contributed by atoms with Crippen LogP contribution in [0, 0.1) is 0 Å². The van der Waals surface area contributed by atoms with Crippen molar-refractivity contribution in [3.63, 3.8) is 0 Å². The number of aliphatic hydroxyl groups excluding tert-OH is 1. The van der Waals surface area contributed by atoms with Crippen LogP contribution in [0.25, 0.3) is 0 Å². The van der Waals surface area contributed by atoms with Gasteiger partial charge in [-0.2, -0.15) is 0 Å². The second-order valence-electron chi connectivity index (χ2n) is 1.86. The van der Waals surface area contributed by atoms with Gasteiger partial charge in [-0.15, -0.1) is 0 Å². The summed E-state index contributed by atoms with van der Waals surface area (Å²) in [5, 5.41) is 24.1. The smallest absolute Gasteiger partial charge is 0.759 e. The van der Waals surface area contributed by atoms with E-state index >= 15 is 0 Å². The van der Waals surface area contributed by atoms with E-state index in [1.807, 2.05) is 0 Å². The molecule has 0 amide bonds. The molecule has 0 aliphatic carbocycles. The van der Waals surface area contributed by atoms with Crippen molar-refractivity contribution < 1.29 is 42.4 Å². The molecule has 84 valence electrons. The van der Waals surface area contributed by atoms with Gasteiger partial charge in [0.05, 0.1) is 6.42 Å². The summed E-state index contributed by atoms with van der Waals surface area (Å²) in [6.45, 7) is 0. The van der Waals surface area contributed by atoms with Crippen molar-refractivity contribution in [2.24, 2.45) is 0 Å². The van der Waals surface area contributed by atoms with Gasteiger partial charge in [-0.05, 0) is 0 Å². The molecule has 0 fully saturated rings. The molecule has 3 N–H and O–H groups in total. The molecular formula is C4H6MgO9S. The van der Waals surface area contributed by atoms with Crippen LogP contribution in [0.4, 0.5) is 0 Å². The van der Waals surface area contributed by atoms with Gasteiger partial charge in [0.25, 0.3) is 0 Å². The van der Waals surface area contributed by atoms with Crippen LogP contribution in [0.15, 0.2) is 0 Å². The average molecular weight is 254 g/mol. The summed E-state index contributed by atoms with van der Waals surface area (Å²) in [5.74, 6) is -2.85. The Morgan fingerprint density at radius 2 is 1.47 bits per heavy atom. The first-order valence-corrected chi connectivity index (χ1v) is 4.16. The second-order valence-corrected chi connectivity index (χ2v) is 2.68. The molecule has 0 aliphatic heterocycles. The van der Waals surface area contributed by atoms with Crippen LogP contribution in [-0.2, 0) is 20.0 Å². The van der Waals surface area contributed by atoms with E-state index in [0.717, 1.165) is 0 Å². The molecule has 0 aliphatic rings. The number of hydrogen-bond donors (Lipinski definition) is 3. The van der Waals surface area contributed by atoms with E-state index in [0.29, 0.717) is 0 Å². The molecule has 0 radical (unpaired) electrons. The van der Waals surface area contributed by atoms with Crippen molar-refractivity contribution in [2.45, 2.75) is 12.5 Å². The van der Waals surface area contributed by atoms with Crippen LogP contribution >= 0.6 is 0 Å². The van der Waals surface area contributed by atoms with E-state index in [1.54, 1.807) is 0 Å². The minimum atomic E-state index is -5.17. The first-order valence-electron chi connectivity index (χ1n) is 2.83. The largest absolute Gasteiger partial charge is 2.00 e. The molecule has 0 aromatic heterocycles. The molecule has 1 atom stereocenters. The standard InChI is InChI=1S/C4H6O5.Mg.H2O4S/c5-2(4(8)9)1-3(6)7;;1-5(2,3)4/h2,5H,1H2,(H,6,7)(H,8,9);;(H2,1,2,3,4)/q;+2;/p-2. The normalized spacial score (nSPS) is 11.4. The van der Waals surface area contributed by atoms with Gasteiger partial charge >= 0.3 is 35.0 Å². The molecule has 0 saturated carbocycles. The molecule has 0 bridgehead atoms. The van der Waals surface area contributed by atoms with E-state index in [9.17, 15) is 9.59 Å². The zero-order valence-corrected chi connectivity index (χ0v) is 9.42. The zero-order chi connectivity index (χ0) is 11.9. The number of carboxylic acid groups (broad SMARTS) is 2. The van der Waals surface area contributed by atoms with Crippen molar-refractivity contribution >= 4 is 45.4 Å². The van der Waals surface area contributed by atoms with Crippen molar-refractivity contribution in [3.8, 4) is 0 Å². The molecule has 9 nitrogen and oxygen atoms in total. The van der Waals surface area contributed by atoms with Crippen molar-refractivity contribution in [3.05, 3.63) is 0 Å².